The van der Waals surface area contributed by atoms with E-state index in [4.69, 9.17) is 28.8 Å². The van der Waals surface area contributed by atoms with E-state index < -0.39 is 0 Å². The molecule has 29 heavy (non-hydrogen) atoms. The minimum atomic E-state index is 0.290. The molecule has 2 aliphatic carbocycles. The second-order valence-corrected chi connectivity index (χ2v) is 10.5. The Morgan fingerprint density at radius 2 is 1.97 bits per heavy atom. The number of nitrogen functional groups attached to an aromatic ring is 2. The van der Waals surface area contributed by atoms with Crippen molar-refractivity contribution in [1.82, 2.24) is 15.0 Å². The van der Waals surface area contributed by atoms with Crippen LogP contribution in [0.3, 0.4) is 0 Å². The van der Waals surface area contributed by atoms with Crippen LogP contribution in [0.4, 0.5) is 17.5 Å². The van der Waals surface area contributed by atoms with Gasteiger partial charge >= 0.3 is 0 Å². The van der Waals surface area contributed by atoms with Crippen molar-refractivity contribution in [3.05, 3.63) is 23.5 Å². The van der Waals surface area contributed by atoms with E-state index in [2.05, 4.69) is 26.8 Å². The monoisotopic (exact) mass is 431 g/mol. The van der Waals surface area contributed by atoms with Crippen molar-refractivity contribution >= 4 is 40.8 Å². The van der Waals surface area contributed by atoms with E-state index in [0.717, 1.165) is 42.6 Å². The molecule has 3 unspecified atom stereocenters. The lowest BCUT2D eigenvalue weighted by molar-refractivity contribution is 0.163. The molecule has 1 spiro atoms. The molecule has 2 aromatic heterocycles. The summed E-state index contributed by atoms with van der Waals surface area (Å²) in [4.78, 5) is 16.2. The van der Waals surface area contributed by atoms with Crippen molar-refractivity contribution in [2.45, 2.75) is 48.6 Å². The third-order valence-electron chi connectivity index (χ3n) is 7.24. The molecule has 0 amide bonds. The maximum Gasteiger partial charge on any atom is 0.158 e. The summed E-state index contributed by atoms with van der Waals surface area (Å²) < 4.78 is 0. The quantitative estimate of drug-likeness (QED) is 0.677. The highest BCUT2D eigenvalue weighted by molar-refractivity contribution is 7.99. The number of halogens is 1. The molecule has 5 rings (SSSR count). The van der Waals surface area contributed by atoms with Gasteiger partial charge in [-0.25, -0.2) is 15.0 Å². The number of piperidine rings is 1. The zero-order valence-corrected chi connectivity index (χ0v) is 18.0. The Kier molecular flexibility index (Phi) is 4.38. The molecule has 0 aromatic carbocycles. The van der Waals surface area contributed by atoms with Gasteiger partial charge in [0.15, 0.2) is 5.82 Å². The summed E-state index contributed by atoms with van der Waals surface area (Å²) in [5.74, 6) is 2.24. The van der Waals surface area contributed by atoms with Gasteiger partial charge in [0.25, 0.3) is 0 Å². The number of fused-ring (bicyclic) bond motifs is 1. The Bertz CT molecular complexity index is 962. The molecule has 2 saturated carbocycles. The molecule has 154 valence electrons. The molecule has 1 aliphatic heterocycles. The predicted octanol–water partition coefficient (Wildman–Crippen LogP) is 3.18. The first-order chi connectivity index (χ1) is 13.8. The Labute approximate surface area is 179 Å². The summed E-state index contributed by atoms with van der Waals surface area (Å²) in [6.45, 7) is 4.30. The van der Waals surface area contributed by atoms with Crippen molar-refractivity contribution in [3.63, 3.8) is 0 Å². The summed E-state index contributed by atoms with van der Waals surface area (Å²) in [5.41, 5.74) is 19.4. The van der Waals surface area contributed by atoms with Crippen LogP contribution in [0.2, 0.25) is 5.02 Å². The van der Waals surface area contributed by atoms with Crippen LogP contribution in [-0.2, 0) is 0 Å². The van der Waals surface area contributed by atoms with Crippen molar-refractivity contribution < 1.29 is 0 Å². The van der Waals surface area contributed by atoms with Gasteiger partial charge < -0.3 is 22.1 Å². The molecule has 7 nitrogen and oxygen atoms in total. The van der Waals surface area contributed by atoms with E-state index in [1.807, 2.05) is 0 Å². The van der Waals surface area contributed by atoms with Crippen LogP contribution in [-0.4, -0.2) is 34.1 Å². The highest BCUT2D eigenvalue weighted by Crippen LogP contribution is 2.70. The van der Waals surface area contributed by atoms with Crippen molar-refractivity contribution in [2.24, 2.45) is 22.5 Å². The first kappa shape index (κ1) is 19.2. The fourth-order valence-corrected chi connectivity index (χ4v) is 6.50. The molecule has 1 saturated heterocycles. The van der Waals surface area contributed by atoms with Crippen LogP contribution in [0.15, 0.2) is 28.4 Å². The number of aromatic nitrogens is 3. The number of hydrogen-bond donors (Lipinski definition) is 3. The second kappa shape index (κ2) is 6.62. The van der Waals surface area contributed by atoms with Gasteiger partial charge in [-0.3, -0.25) is 0 Å². The van der Waals surface area contributed by atoms with Crippen molar-refractivity contribution in [1.29, 1.82) is 0 Å². The van der Waals surface area contributed by atoms with Crippen LogP contribution in [0.25, 0.3) is 0 Å². The average molecular weight is 432 g/mol. The van der Waals surface area contributed by atoms with Gasteiger partial charge in [0, 0.05) is 30.2 Å². The smallest absolute Gasteiger partial charge is 0.158 e. The zero-order valence-electron chi connectivity index (χ0n) is 16.4. The van der Waals surface area contributed by atoms with Crippen molar-refractivity contribution in [2.75, 3.05) is 29.5 Å². The summed E-state index contributed by atoms with van der Waals surface area (Å²) >= 11 is 7.57. The first-order valence-corrected chi connectivity index (χ1v) is 11.2. The fraction of sp³-hybridized carbons (Fsp3) is 0.550. The number of rotatable bonds is 3. The summed E-state index contributed by atoms with van der Waals surface area (Å²) in [5, 5.41) is 1.02. The van der Waals surface area contributed by atoms with Gasteiger partial charge in [-0.15, -0.1) is 0 Å². The van der Waals surface area contributed by atoms with Gasteiger partial charge in [-0.1, -0.05) is 30.3 Å². The van der Waals surface area contributed by atoms with Gasteiger partial charge in [0.05, 0.1) is 11.2 Å². The highest BCUT2D eigenvalue weighted by Gasteiger charge is 2.66. The van der Waals surface area contributed by atoms with Crippen LogP contribution in [0.5, 0.6) is 0 Å². The number of nitrogens with zero attached hydrogens (tertiary/aromatic N) is 4. The molecule has 0 bridgehead atoms. The number of hydrogen-bond acceptors (Lipinski definition) is 8. The topological polar surface area (TPSA) is 120 Å². The maximum absolute atomic E-state index is 6.65. The zero-order chi connectivity index (χ0) is 20.4. The molecule has 3 aliphatic rings. The van der Waals surface area contributed by atoms with E-state index in [1.54, 1.807) is 18.5 Å². The van der Waals surface area contributed by atoms with Gasteiger partial charge in [-0.05, 0) is 48.5 Å². The lowest BCUT2D eigenvalue weighted by Gasteiger charge is -2.44. The predicted molar refractivity (Wildman–Crippen MR) is 117 cm³/mol. The summed E-state index contributed by atoms with van der Waals surface area (Å²) in [6, 6.07) is 2.14. The van der Waals surface area contributed by atoms with Crippen LogP contribution in [0, 0.1) is 16.7 Å². The number of anilines is 3. The second-order valence-electron chi connectivity index (χ2n) is 9.05. The van der Waals surface area contributed by atoms with Crippen LogP contribution in [0.1, 0.15) is 32.6 Å². The first-order valence-electron chi connectivity index (χ1n) is 10.0. The van der Waals surface area contributed by atoms with Gasteiger partial charge in [0.1, 0.15) is 16.7 Å². The van der Waals surface area contributed by atoms with Crippen LogP contribution >= 0.6 is 23.4 Å². The maximum atomic E-state index is 6.65. The molecule has 2 aromatic rings. The SMILES string of the molecule is CC12CC1C(N)C1(CCN(c3cnc(Sc4ccnc(N)c4Cl)c(N)n3)CC1)C2. The molecule has 9 heteroatoms. The average Bonchev–Trinajstić information content (AvgIpc) is 3.31. The summed E-state index contributed by atoms with van der Waals surface area (Å²) in [6.07, 6.45) is 8.23. The van der Waals surface area contributed by atoms with Gasteiger partial charge in [-0.2, -0.15) is 0 Å². The van der Waals surface area contributed by atoms with E-state index in [0.29, 0.717) is 38.6 Å². The Morgan fingerprint density at radius 3 is 2.62 bits per heavy atom. The fourth-order valence-electron chi connectivity index (χ4n) is 5.49. The number of nitrogens with two attached hydrogens (primary N) is 3. The minimum Gasteiger partial charge on any atom is -0.382 e. The third kappa shape index (κ3) is 3.12. The Hall–Kier alpha value is -1.77. The van der Waals surface area contributed by atoms with E-state index >= 15 is 0 Å². The van der Waals surface area contributed by atoms with Gasteiger partial charge in [0.2, 0.25) is 0 Å². The molecule has 6 N–H and O–H groups in total. The standard InChI is InChI=1S/C20H26ClN7S/c1-19-8-11(19)15(22)20(10-19)3-6-28(7-4-20)13-9-26-18(17(24)27-13)29-12-2-5-25-16(23)14(12)21/h2,5,9,11,15H,3-4,6-8,10,22H2,1H3,(H2,23,25)(H2,24,27). The third-order valence-corrected chi connectivity index (χ3v) is 8.82. The molecule has 3 heterocycles. The molecule has 0 radical (unpaired) electrons. The Balaban J connectivity index is 1.28. The minimum absolute atomic E-state index is 0.290. The van der Waals surface area contributed by atoms with E-state index in [1.165, 1.54) is 24.6 Å². The lowest BCUT2D eigenvalue weighted by atomic mass is 9.71. The Morgan fingerprint density at radius 1 is 1.21 bits per heavy atom. The van der Waals surface area contributed by atoms with Crippen molar-refractivity contribution in [3.8, 4) is 0 Å². The largest absolute Gasteiger partial charge is 0.382 e. The molecular formula is C20H26ClN7S. The van der Waals surface area contributed by atoms with E-state index in [9.17, 15) is 0 Å². The molecule has 3 atom stereocenters. The summed E-state index contributed by atoms with van der Waals surface area (Å²) in [7, 11) is 0. The van der Waals surface area contributed by atoms with Crippen LogP contribution < -0.4 is 22.1 Å². The normalized spacial score (nSPS) is 29.8. The highest BCUT2D eigenvalue weighted by atomic mass is 35.5. The number of pyridine rings is 1. The molecule has 3 fully saturated rings. The lowest BCUT2D eigenvalue weighted by Crippen LogP contribution is -2.48. The molecular weight excluding hydrogens is 406 g/mol. The van der Waals surface area contributed by atoms with E-state index in [-0.39, 0.29) is 0 Å².